The van der Waals surface area contributed by atoms with Gasteiger partial charge < -0.3 is 10.1 Å². The molecule has 0 atom stereocenters. The lowest BCUT2D eigenvalue weighted by Crippen LogP contribution is -2.09. The van der Waals surface area contributed by atoms with Crippen molar-refractivity contribution in [3.8, 4) is 0 Å². The van der Waals surface area contributed by atoms with Crippen LogP contribution >= 0.6 is 11.6 Å². The lowest BCUT2D eigenvalue weighted by molar-refractivity contribution is 0.198. The van der Waals surface area contributed by atoms with E-state index in [2.05, 4.69) is 25.6 Å². The number of aryl methyl sites for hydroxylation is 1. The minimum absolute atomic E-state index is 0.510. The SMILES string of the molecule is COCCCNc1nc(C)nc2c1nnn2Cc1ccccc1Cl. The summed E-state index contributed by atoms with van der Waals surface area (Å²) in [4.78, 5) is 8.92. The normalized spacial score (nSPS) is 11.1. The van der Waals surface area contributed by atoms with Crippen LogP contribution in [0, 0.1) is 6.92 Å². The van der Waals surface area contributed by atoms with Gasteiger partial charge in [0.15, 0.2) is 17.0 Å². The van der Waals surface area contributed by atoms with Gasteiger partial charge in [0.05, 0.1) is 6.54 Å². The second kappa shape index (κ2) is 7.55. The highest BCUT2D eigenvalue weighted by Crippen LogP contribution is 2.21. The number of hydrogen-bond acceptors (Lipinski definition) is 6. The molecule has 1 N–H and O–H groups in total. The Hall–Kier alpha value is -2.25. The minimum atomic E-state index is 0.510. The fourth-order valence-corrected chi connectivity index (χ4v) is 2.60. The Morgan fingerprint density at radius 1 is 1.25 bits per heavy atom. The minimum Gasteiger partial charge on any atom is -0.385 e. The van der Waals surface area contributed by atoms with Crippen LogP contribution in [-0.2, 0) is 11.3 Å². The molecule has 0 amide bonds. The number of methoxy groups -OCH3 is 1. The highest BCUT2D eigenvalue weighted by atomic mass is 35.5. The molecule has 0 unspecified atom stereocenters. The van der Waals surface area contributed by atoms with Crippen molar-refractivity contribution in [2.75, 3.05) is 25.6 Å². The van der Waals surface area contributed by atoms with Crippen molar-refractivity contribution in [2.24, 2.45) is 0 Å². The Kier molecular flexibility index (Phi) is 5.22. The fraction of sp³-hybridized carbons (Fsp3) is 0.375. The van der Waals surface area contributed by atoms with Crippen LogP contribution in [-0.4, -0.2) is 45.2 Å². The molecule has 3 aromatic rings. The molecule has 0 saturated heterocycles. The molecule has 8 heteroatoms. The van der Waals surface area contributed by atoms with Gasteiger partial charge in [0.25, 0.3) is 0 Å². The quantitative estimate of drug-likeness (QED) is 0.663. The molecule has 0 aliphatic heterocycles. The first-order valence-electron chi connectivity index (χ1n) is 7.73. The Balaban J connectivity index is 1.88. The van der Waals surface area contributed by atoms with E-state index < -0.39 is 0 Å². The Morgan fingerprint density at radius 2 is 2.08 bits per heavy atom. The summed E-state index contributed by atoms with van der Waals surface area (Å²) in [7, 11) is 1.69. The van der Waals surface area contributed by atoms with Gasteiger partial charge in [-0.25, -0.2) is 14.6 Å². The molecule has 0 fully saturated rings. The number of hydrogen-bond donors (Lipinski definition) is 1. The average molecular weight is 347 g/mol. The topological polar surface area (TPSA) is 77.8 Å². The van der Waals surface area contributed by atoms with E-state index in [1.165, 1.54) is 0 Å². The van der Waals surface area contributed by atoms with Crippen molar-refractivity contribution < 1.29 is 4.74 Å². The average Bonchev–Trinajstić information content (AvgIpc) is 2.96. The summed E-state index contributed by atoms with van der Waals surface area (Å²) < 4.78 is 6.80. The summed E-state index contributed by atoms with van der Waals surface area (Å²) in [5.74, 6) is 1.36. The molecule has 1 aromatic carbocycles. The van der Waals surface area contributed by atoms with Crippen LogP contribution in [0.5, 0.6) is 0 Å². The molecule has 0 aliphatic rings. The van der Waals surface area contributed by atoms with Gasteiger partial charge in [-0.15, -0.1) is 5.10 Å². The smallest absolute Gasteiger partial charge is 0.184 e. The van der Waals surface area contributed by atoms with Gasteiger partial charge in [0.1, 0.15) is 5.82 Å². The molecule has 0 aliphatic carbocycles. The van der Waals surface area contributed by atoms with Crippen LogP contribution in [0.25, 0.3) is 11.2 Å². The Morgan fingerprint density at radius 3 is 2.88 bits per heavy atom. The number of anilines is 1. The van der Waals surface area contributed by atoms with Crippen molar-refractivity contribution in [2.45, 2.75) is 19.9 Å². The van der Waals surface area contributed by atoms with Crippen molar-refractivity contribution in [1.82, 2.24) is 25.0 Å². The van der Waals surface area contributed by atoms with E-state index in [0.717, 1.165) is 18.5 Å². The highest BCUT2D eigenvalue weighted by Gasteiger charge is 2.14. The first-order valence-corrected chi connectivity index (χ1v) is 8.11. The van der Waals surface area contributed by atoms with E-state index in [-0.39, 0.29) is 0 Å². The summed E-state index contributed by atoms with van der Waals surface area (Å²) in [5, 5.41) is 12.4. The lowest BCUT2D eigenvalue weighted by Gasteiger charge is -2.07. The lowest BCUT2D eigenvalue weighted by atomic mass is 10.2. The summed E-state index contributed by atoms with van der Waals surface area (Å²) in [6.45, 7) is 3.80. The number of rotatable bonds is 7. The van der Waals surface area contributed by atoms with Gasteiger partial charge in [-0.3, -0.25) is 0 Å². The molecule has 0 radical (unpaired) electrons. The molecule has 24 heavy (non-hydrogen) atoms. The predicted octanol–water partition coefficient (Wildman–Crippen LogP) is 2.68. The third kappa shape index (κ3) is 3.63. The first kappa shape index (κ1) is 16.6. The Labute approximate surface area is 145 Å². The standard InChI is InChI=1S/C16H19ClN6O/c1-11-19-15(18-8-5-9-24-2)14-16(20-11)23(22-21-14)10-12-6-3-4-7-13(12)17/h3-4,6-7H,5,8-10H2,1-2H3,(H,18,19,20). The zero-order valence-electron chi connectivity index (χ0n) is 13.7. The van der Waals surface area contributed by atoms with Gasteiger partial charge in [-0.2, -0.15) is 0 Å². The van der Waals surface area contributed by atoms with Crippen LogP contribution in [0.15, 0.2) is 24.3 Å². The van der Waals surface area contributed by atoms with Crippen molar-refractivity contribution in [1.29, 1.82) is 0 Å². The van der Waals surface area contributed by atoms with Gasteiger partial charge in [0.2, 0.25) is 0 Å². The summed E-state index contributed by atoms with van der Waals surface area (Å²) in [6.07, 6.45) is 0.884. The van der Waals surface area contributed by atoms with Gasteiger partial charge in [-0.05, 0) is 25.0 Å². The van der Waals surface area contributed by atoms with Gasteiger partial charge in [0, 0.05) is 25.3 Å². The number of ether oxygens (including phenoxy) is 1. The monoisotopic (exact) mass is 346 g/mol. The maximum Gasteiger partial charge on any atom is 0.184 e. The largest absolute Gasteiger partial charge is 0.385 e. The van der Waals surface area contributed by atoms with Crippen LogP contribution in [0.4, 0.5) is 5.82 Å². The molecule has 126 valence electrons. The van der Waals surface area contributed by atoms with Crippen molar-refractivity contribution in [3.63, 3.8) is 0 Å². The molecule has 0 saturated carbocycles. The predicted molar refractivity (Wildman–Crippen MR) is 93.4 cm³/mol. The fourth-order valence-electron chi connectivity index (χ4n) is 2.41. The van der Waals surface area contributed by atoms with E-state index in [1.807, 2.05) is 31.2 Å². The third-order valence-corrected chi connectivity index (χ3v) is 3.94. The van der Waals surface area contributed by atoms with Crippen LogP contribution in [0.3, 0.4) is 0 Å². The zero-order chi connectivity index (χ0) is 16.9. The van der Waals surface area contributed by atoms with Gasteiger partial charge in [-0.1, -0.05) is 35.0 Å². The van der Waals surface area contributed by atoms with Crippen molar-refractivity contribution in [3.05, 3.63) is 40.7 Å². The molecule has 7 nitrogen and oxygen atoms in total. The molecular weight excluding hydrogens is 328 g/mol. The number of fused-ring (bicyclic) bond motifs is 1. The van der Waals surface area contributed by atoms with E-state index >= 15 is 0 Å². The molecular formula is C16H19ClN6O. The molecule has 0 bridgehead atoms. The number of nitrogens with zero attached hydrogens (tertiary/aromatic N) is 5. The van der Waals surface area contributed by atoms with E-state index in [4.69, 9.17) is 16.3 Å². The van der Waals surface area contributed by atoms with Crippen molar-refractivity contribution >= 4 is 28.6 Å². The summed E-state index contributed by atoms with van der Waals surface area (Å²) in [6, 6.07) is 7.68. The highest BCUT2D eigenvalue weighted by molar-refractivity contribution is 6.31. The third-order valence-electron chi connectivity index (χ3n) is 3.57. The van der Waals surface area contributed by atoms with E-state index in [0.29, 0.717) is 41.0 Å². The summed E-state index contributed by atoms with van der Waals surface area (Å²) >= 11 is 6.23. The molecule has 2 aromatic heterocycles. The van der Waals surface area contributed by atoms with Crippen LogP contribution in [0.1, 0.15) is 17.8 Å². The van der Waals surface area contributed by atoms with E-state index in [1.54, 1.807) is 11.8 Å². The first-order chi connectivity index (χ1) is 11.7. The maximum absolute atomic E-state index is 6.23. The maximum atomic E-state index is 6.23. The number of halogens is 1. The number of nitrogens with one attached hydrogen (secondary N) is 1. The van der Waals surface area contributed by atoms with Crippen LogP contribution < -0.4 is 5.32 Å². The summed E-state index contributed by atoms with van der Waals surface area (Å²) in [5.41, 5.74) is 2.32. The number of aromatic nitrogens is 5. The second-order valence-corrected chi connectivity index (χ2v) is 5.81. The molecule has 2 heterocycles. The zero-order valence-corrected chi connectivity index (χ0v) is 14.4. The van der Waals surface area contributed by atoms with Crippen LogP contribution in [0.2, 0.25) is 5.02 Å². The Bertz CT molecular complexity index is 835. The van der Waals surface area contributed by atoms with E-state index in [9.17, 15) is 0 Å². The molecule has 0 spiro atoms. The molecule has 3 rings (SSSR count). The second-order valence-electron chi connectivity index (χ2n) is 5.40. The van der Waals surface area contributed by atoms with Gasteiger partial charge >= 0.3 is 0 Å². The number of benzene rings is 1.